The van der Waals surface area contributed by atoms with Gasteiger partial charge in [-0.3, -0.25) is 23.9 Å². The SMILES string of the molecule is CC(=O)NCCCC(CCCNC(C)=O)(CCCNC(C)=O)NC(=O)Cc1cn(C)nn1. The maximum atomic E-state index is 12.9. The van der Waals surface area contributed by atoms with E-state index in [9.17, 15) is 19.2 Å². The topological polar surface area (TPSA) is 147 Å². The second-order valence-electron chi connectivity index (χ2n) is 8.15. The monoisotopic (exact) mass is 451 g/mol. The van der Waals surface area contributed by atoms with E-state index in [-0.39, 0.29) is 30.0 Å². The summed E-state index contributed by atoms with van der Waals surface area (Å²) in [4.78, 5) is 46.5. The number of hydrogen-bond donors (Lipinski definition) is 4. The van der Waals surface area contributed by atoms with Crippen LogP contribution < -0.4 is 21.3 Å². The van der Waals surface area contributed by atoms with Crippen molar-refractivity contribution >= 4 is 23.6 Å². The molecule has 32 heavy (non-hydrogen) atoms. The molecule has 0 fully saturated rings. The predicted molar refractivity (Wildman–Crippen MR) is 119 cm³/mol. The summed E-state index contributed by atoms with van der Waals surface area (Å²) in [6.07, 6.45) is 5.82. The van der Waals surface area contributed by atoms with Gasteiger partial charge >= 0.3 is 0 Å². The third kappa shape index (κ3) is 12.0. The van der Waals surface area contributed by atoms with Gasteiger partial charge in [-0.25, -0.2) is 0 Å². The Bertz CT molecular complexity index is 708. The van der Waals surface area contributed by atoms with E-state index >= 15 is 0 Å². The lowest BCUT2D eigenvalue weighted by atomic mass is 9.83. The van der Waals surface area contributed by atoms with Crippen LogP contribution in [0.1, 0.15) is 65.0 Å². The highest BCUT2D eigenvalue weighted by Crippen LogP contribution is 2.26. The molecule has 1 aromatic rings. The van der Waals surface area contributed by atoms with Crippen molar-refractivity contribution in [2.45, 2.75) is 71.3 Å². The van der Waals surface area contributed by atoms with Crippen molar-refractivity contribution in [3.05, 3.63) is 11.9 Å². The molecular formula is C21H37N7O4. The molecule has 1 aromatic heterocycles. The van der Waals surface area contributed by atoms with Crippen molar-refractivity contribution in [3.8, 4) is 0 Å². The Morgan fingerprint density at radius 1 is 0.844 bits per heavy atom. The van der Waals surface area contributed by atoms with Crippen molar-refractivity contribution in [2.75, 3.05) is 19.6 Å². The normalized spacial score (nSPS) is 11.0. The molecule has 11 nitrogen and oxygen atoms in total. The van der Waals surface area contributed by atoms with Gasteiger partial charge in [-0.2, -0.15) is 0 Å². The summed E-state index contributed by atoms with van der Waals surface area (Å²) in [6, 6.07) is 0. The molecule has 4 N–H and O–H groups in total. The Morgan fingerprint density at radius 3 is 1.62 bits per heavy atom. The van der Waals surface area contributed by atoms with E-state index in [4.69, 9.17) is 0 Å². The molecule has 0 unspecified atom stereocenters. The van der Waals surface area contributed by atoms with E-state index in [0.717, 1.165) is 0 Å². The lowest BCUT2D eigenvalue weighted by Crippen LogP contribution is -2.50. The summed E-state index contributed by atoms with van der Waals surface area (Å²) in [5.74, 6) is -0.458. The van der Waals surface area contributed by atoms with Crippen LogP contribution in [-0.2, 0) is 32.6 Å². The highest BCUT2D eigenvalue weighted by atomic mass is 16.2. The van der Waals surface area contributed by atoms with Gasteiger partial charge in [-0.05, 0) is 38.5 Å². The van der Waals surface area contributed by atoms with E-state index < -0.39 is 5.54 Å². The van der Waals surface area contributed by atoms with Gasteiger partial charge < -0.3 is 21.3 Å². The minimum atomic E-state index is -0.533. The molecule has 0 aliphatic carbocycles. The smallest absolute Gasteiger partial charge is 0.226 e. The van der Waals surface area contributed by atoms with Crippen LogP contribution in [0.5, 0.6) is 0 Å². The van der Waals surface area contributed by atoms with E-state index in [2.05, 4.69) is 31.6 Å². The predicted octanol–water partition coefficient (Wildman–Crippen LogP) is -0.0385. The van der Waals surface area contributed by atoms with Gasteiger partial charge in [0, 0.05) is 59.2 Å². The van der Waals surface area contributed by atoms with Crippen molar-refractivity contribution in [3.63, 3.8) is 0 Å². The average Bonchev–Trinajstić information content (AvgIpc) is 3.10. The maximum absolute atomic E-state index is 12.9. The van der Waals surface area contributed by atoms with Crippen LogP contribution in [0.25, 0.3) is 0 Å². The quantitative estimate of drug-likeness (QED) is 0.275. The fourth-order valence-electron chi connectivity index (χ4n) is 3.62. The fourth-order valence-corrected chi connectivity index (χ4v) is 3.62. The number of nitrogens with zero attached hydrogens (tertiary/aromatic N) is 3. The second-order valence-corrected chi connectivity index (χ2v) is 8.15. The van der Waals surface area contributed by atoms with Crippen molar-refractivity contribution in [1.82, 2.24) is 36.3 Å². The molecule has 0 saturated heterocycles. The number of carbonyl (C=O) groups excluding carboxylic acids is 4. The van der Waals surface area contributed by atoms with Crippen LogP contribution in [0.2, 0.25) is 0 Å². The van der Waals surface area contributed by atoms with Crippen LogP contribution in [0.3, 0.4) is 0 Å². The number of nitrogens with one attached hydrogen (secondary N) is 4. The summed E-state index contributed by atoms with van der Waals surface area (Å²) in [6.45, 7) is 5.93. The largest absolute Gasteiger partial charge is 0.356 e. The fraction of sp³-hybridized carbons (Fsp3) is 0.714. The number of amides is 4. The van der Waals surface area contributed by atoms with Gasteiger partial charge in [-0.15, -0.1) is 5.10 Å². The third-order valence-electron chi connectivity index (χ3n) is 5.01. The minimum Gasteiger partial charge on any atom is -0.356 e. The highest BCUT2D eigenvalue weighted by molar-refractivity contribution is 5.79. The first-order valence-electron chi connectivity index (χ1n) is 11.0. The molecule has 0 radical (unpaired) electrons. The number of hydrogen-bond acceptors (Lipinski definition) is 6. The summed E-state index contributed by atoms with van der Waals surface area (Å²) in [5.41, 5.74) is 0.0444. The molecule has 0 atom stereocenters. The van der Waals surface area contributed by atoms with E-state index in [1.165, 1.54) is 20.8 Å². The Hall–Kier alpha value is -2.98. The first-order chi connectivity index (χ1) is 15.1. The molecule has 180 valence electrons. The Morgan fingerprint density at radius 2 is 1.28 bits per heavy atom. The van der Waals surface area contributed by atoms with Gasteiger partial charge in [0.1, 0.15) is 0 Å². The summed E-state index contributed by atoms with van der Waals surface area (Å²) in [5, 5.41) is 19.4. The number of aromatic nitrogens is 3. The molecule has 0 aliphatic rings. The Labute approximate surface area is 189 Å². The lowest BCUT2D eigenvalue weighted by Gasteiger charge is -2.36. The first-order valence-corrected chi connectivity index (χ1v) is 11.0. The van der Waals surface area contributed by atoms with E-state index in [0.29, 0.717) is 63.9 Å². The standard InChI is InChI=1S/C21H37N7O4/c1-16(29)22-11-5-8-21(9-6-12-23-17(2)30,10-7-13-24-18(3)31)25-20(32)14-19-15-28(4)27-26-19/h15H,5-14H2,1-4H3,(H,22,29)(H,23,30)(H,24,31)(H,25,32). The molecule has 0 aliphatic heterocycles. The third-order valence-corrected chi connectivity index (χ3v) is 5.01. The van der Waals surface area contributed by atoms with Gasteiger partial charge in [-0.1, -0.05) is 5.21 Å². The van der Waals surface area contributed by atoms with Crippen LogP contribution >= 0.6 is 0 Å². The summed E-state index contributed by atoms with van der Waals surface area (Å²) in [7, 11) is 1.74. The van der Waals surface area contributed by atoms with Gasteiger partial charge in [0.15, 0.2) is 0 Å². The zero-order valence-corrected chi connectivity index (χ0v) is 19.6. The van der Waals surface area contributed by atoms with E-state index in [1.54, 1.807) is 17.9 Å². The van der Waals surface area contributed by atoms with Crippen molar-refractivity contribution in [1.29, 1.82) is 0 Å². The van der Waals surface area contributed by atoms with Crippen molar-refractivity contribution in [2.24, 2.45) is 7.05 Å². The molecule has 0 aromatic carbocycles. The van der Waals surface area contributed by atoms with Gasteiger partial charge in [0.2, 0.25) is 23.6 Å². The van der Waals surface area contributed by atoms with E-state index in [1.807, 2.05) is 0 Å². The summed E-state index contributed by atoms with van der Waals surface area (Å²) >= 11 is 0. The molecular weight excluding hydrogens is 414 g/mol. The lowest BCUT2D eigenvalue weighted by molar-refractivity contribution is -0.123. The first kappa shape index (κ1) is 27.1. The van der Waals surface area contributed by atoms with Crippen LogP contribution in [-0.4, -0.2) is 63.8 Å². The van der Waals surface area contributed by atoms with Crippen molar-refractivity contribution < 1.29 is 19.2 Å². The van der Waals surface area contributed by atoms with Crippen LogP contribution in [0, 0.1) is 0 Å². The number of rotatable bonds is 15. The zero-order chi connectivity index (χ0) is 24.0. The van der Waals surface area contributed by atoms with Gasteiger partial charge in [0.05, 0.1) is 12.1 Å². The maximum Gasteiger partial charge on any atom is 0.226 e. The zero-order valence-electron chi connectivity index (χ0n) is 19.6. The average molecular weight is 452 g/mol. The van der Waals surface area contributed by atoms with Crippen LogP contribution in [0.4, 0.5) is 0 Å². The molecule has 1 heterocycles. The molecule has 0 saturated carbocycles. The minimum absolute atomic E-state index is 0.0985. The highest BCUT2D eigenvalue weighted by Gasteiger charge is 2.31. The second kappa shape index (κ2) is 14.2. The summed E-state index contributed by atoms with van der Waals surface area (Å²) < 4.78 is 1.55. The molecule has 0 bridgehead atoms. The molecule has 1 rings (SSSR count). The van der Waals surface area contributed by atoms with Crippen LogP contribution in [0.15, 0.2) is 6.20 Å². The molecule has 0 spiro atoms. The number of carbonyl (C=O) groups is 4. The Balaban J connectivity index is 2.89. The van der Waals surface area contributed by atoms with Gasteiger partial charge in [0.25, 0.3) is 0 Å². The number of aryl methyl sites for hydroxylation is 1. The Kier molecular flexibility index (Phi) is 12.0. The molecule has 4 amide bonds. The molecule has 11 heteroatoms.